The first kappa shape index (κ1) is 17.8. The summed E-state index contributed by atoms with van der Waals surface area (Å²) in [5.74, 6) is 1.02. The topological polar surface area (TPSA) is 78.9 Å². The average molecular weight is 356 g/mol. The first-order valence-electron chi connectivity index (χ1n) is 8.24. The van der Waals surface area contributed by atoms with Crippen LogP contribution in [0.1, 0.15) is 34.6 Å². The van der Waals surface area contributed by atoms with Gasteiger partial charge in [0, 0.05) is 11.6 Å². The van der Waals surface area contributed by atoms with E-state index in [0.717, 1.165) is 12.0 Å². The number of furan rings is 1. The lowest BCUT2D eigenvalue weighted by molar-refractivity contribution is 0.0563. The van der Waals surface area contributed by atoms with Gasteiger partial charge in [-0.25, -0.2) is 4.79 Å². The number of rotatable bonds is 4. The highest BCUT2D eigenvalue weighted by Gasteiger charge is 2.22. The summed E-state index contributed by atoms with van der Waals surface area (Å²) in [6.07, 6.45) is 0.721. The average Bonchev–Trinajstić information content (AvgIpc) is 3.01. The number of carbonyl (C=O) groups excluding carboxylic acids is 1. The van der Waals surface area contributed by atoms with Crippen LogP contribution in [0.5, 0.6) is 5.75 Å². The molecule has 26 heavy (non-hydrogen) atoms. The summed E-state index contributed by atoms with van der Waals surface area (Å²) < 4.78 is 21.4. The highest BCUT2D eigenvalue weighted by atomic mass is 16.5. The Morgan fingerprint density at radius 3 is 2.42 bits per heavy atom. The number of carbonyl (C=O) groups is 1. The van der Waals surface area contributed by atoms with Crippen molar-refractivity contribution in [1.82, 2.24) is 0 Å². The number of hydrogen-bond acceptors (Lipinski definition) is 6. The Kier molecular flexibility index (Phi) is 4.59. The third-order valence-corrected chi connectivity index (χ3v) is 4.42. The van der Waals surface area contributed by atoms with Crippen molar-refractivity contribution < 1.29 is 23.1 Å². The summed E-state index contributed by atoms with van der Waals surface area (Å²) >= 11 is 0. The number of ether oxygens (including phenoxy) is 2. The largest absolute Gasteiger partial charge is 0.496 e. The molecule has 0 aliphatic heterocycles. The van der Waals surface area contributed by atoms with Crippen molar-refractivity contribution in [2.75, 3.05) is 14.2 Å². The summed E-state index contributed by atoms with van der Waals surface area (Å²) in [5.41, 5.74) is 2.09. The van der Waals surface area contributed by atoms with Gasteiger partial charge in [0.1, 0.15) is 22.9 Å². The van der Waals surface area contributed by atoms with Crippen LogP contribution in [0.4, 0.5) is 0 Å². The fourth-order valence-corrected chi connectivity index (χ4v) is 3.09. The molecule has 0 radical (unpaired) electrons. The lowest BCUT2D eigenvalue weighted by Crippen LogP contribution is -2.08. The van der Waals surface area contributed by atoms with Crippen molar-refractivity contribution in [3.8, 4) is 16.9 Å². The summed E-state index contributed by atoms with van der Waals surface area (Å²) in [4.78, 5) is 24.9. The van der Waals surface area contributed by atoms with E-state index in [1.165, 1.54) is 13.2 Å². The van der Waals surface area contributed by atoms with Gasteiger partial charge in [-0.3, -0.25) is 4.79 Å². The van der Waals surface area contributed by atoms with E-state index < -0.39 is 5.97 Å². The van der Waals surface area contributed by atoms with Crippen LogP contribution in [-0.2, 0) is 11.2 Å². The van der Waals surface area contributed by atoms with Crippen molar-refractivity contribution in [2.24, 2.45) is 0 Å². The van der Waals surface area contributed by atoms with Gasteiger partial charge in [-0.1, -0.05) is 6.92 Å². The van der Waals surface area contributed by atoms with Crippen LogP contribution in [0, 0.1) is 13.8 Å². The standard InChI is InChI=1S/C20H20O6/c1-6-12-7-14-16(9-15(12)23-4)26-11(3)18(19(14)21)13-8-17(20(22)24-5)25-10(13)2/h7-9H,6H2,1-5H3. The SMILES string of the molecule is CCc1cc2c(=O)c(-c3cc(C(=O)OC)oc3C)c(C)oc2cc1OC. The third kappa shape index (κ3) is 2.77. The molecule has 0 aliphatic rings. The minimum absolute atomic E-state index is 0.0443. The molecule has 1 aromatic carbocycles. The molecule has 3 aromatic rings. The number of hydrogen-bond donors (Lipinski definition) is 0. The zero-order valence-corrected chi connectivity index (χ0v) is 15.4. The molecule has 6 heteroatoms. The molecule has 0 saturated heterocycles. The molecule has 6 nitrogen and oxygen atoms in total. The summed E-state index contributed by atoms with van der Waals surface area (Å²) in [7, 11) is 2.86. The Labute approximate surface area is 150 Å². The first-order chi connectivity index (χ1) is 12.4. The Bertz CT molecular complexity index is 1050. The van der Waals surface area contributed by atoms with Gasteiger partial charge in [0.2, 0.25) is 11.2 Å². The van der Waals surface area contributed by atoms with Crippen LogP contribution < -0.4 is 10.2 Å². The fraction of sp³-hybridized carbons (Fsp3) is 0.300. The molecule has 0 spiro atoms. The quantitative estimate of drug-likeness (QED) is 0.657. The second-order valence-electron chi connectivity index (χ2n) is 5.95. The molecule has 0 fully saturated rings. The molecule has 0 saturated carbocycles. The summed E-state index contributed by atoms with van der Waals surface area (Å²) in [6, 6.07) is 5.03. The van der Waals surface area contributed by atoms with Crippen LogP contribution in [0.3, 0.4) is 0 Å². The second-order valence-corrected chi connectivity index (χ2v) is 5.95. The van der Waals surface area contributed by atoms with Gasteiger partial charge < -0.3 is 18.3 Å². The van der Waals surface area contributed by atoms with Crippen LogP contribution in [0.2, 0.25) is 0 Å². The Balaban J connectivity index is 2.29. The molecule has 0 N–H and O–H groups in total. The number of fused-ring (bicyclic) bond motifs is 1. The van der Waals surface area contributed by atoms with E-state index >= 15 is 0 Å². The lowest BCUT2D eigenvalue weighted by Gasteiger charge is -2.10. The third-order valence-electron chi connectivity index (χ3n) is 4.42. The monoisotopic (exact) mass is 356 g/mol. The van der Waals surface area contributed by atoms with Gasteiger partial charge in [0.15, 0.2) is 0 Å². The van der Waals surface area contributed by atoms with Crippen molar-refractivity contribution >= 4 is 16.9 Å². The molecular weight excluding hydrogens is 336 g/mol. The fourth-order valence-electron chi connectivity index (χ4n) is 3.09. The van der Waals surface area contributed by atoms with E-state index in [0.29, 0.717) is 39.4 Å². The lowest BCUT2D eigenvalue weighted by atomic mass is 10.0. The van der Waals surface area contributed by atoms with Crippen LogP contribution in [0.15, 0.2) is 31.8 Å². The molecule has 0 atom stereocenters. The van der Waals surface area contributed by atoms with Crippen molar-refractivity contribution in [3.63, 3.8) is 0 Å². The van der Waals surface area contributed by atoms with Crippen molar-refractivity contribution in [3.05, 3.63) is 51.3 Å². The van der Waals surface area contributed by atoms with E-state index in [4.69, 9.17) is 13.6 Å². The van der Waals surface area contributed by atoms with Gasteiger partial charge >= 0.3 is 5.97 Å². The van der Waals surface area contributed by atoms with Crippen LogP contribution in [-0.4, -0.2) is 20.2 Å². The zero-order valence-electron chi connectivity index (χ0n) is 15.4. The highest BCUT2D eigenvalue weighted by Crippen LogP contribution is 2.32. The molecular formula is C20H20O6. The molecule has 2 aromatic heterocycles. The molecule has 136 valence electrons. The minimum atomic E-state index is -0.597. The van der Waals surface area contributed by atoms with Gasteiger partial charge in [0.05, 0.1) is 25.2 Å². The summed E-state index contributed by atoms with van der Waals surface area (Å²) in [6.45, 7) is 5.39. The number of aryl methyl sites for hydroxylation is 3. The zero-order chi connectivity index (χ0) is 19.0. The normalized spacial score (nSPS) is 11.0. The van der Waals surface area contributed by atoms with Crippen molar-refractivity contribution in [2.45, 2.75) is 27.2 Å². The van der Waals surface area contributed by atoms with E-state index in [9.17, 15) is 9.59 Å². The van der Waals surface area contributed by atoms with Gasteiger partial charge in [-0.15, -0.1) is 0 Å². The second kappa shape index (κ2) is 6.71. The molecule has 0 unspecified atom stereocenters. The molecule has 0 aliphatic carbocycles. The predicted molar refractivity (Wildman–Crippen MR) is 96.9 cm³/mol. The van der Waals surface area contributed by atoms with Crippen LogP contribution >= 0.6 is 0 Å². The summed E-state index contributed by atoms with van der Waals surface area (Å²) in [5, 5.41) is 0.462. The van der Waals surface area contributed by atoms with Crippen LogP contribution in [0.25, 0.3) is 22.1 Å². The molecule has 0 amide bonds. The predicted octanol–water partition coefficient (Wildman–Crippen LogP) is 4.03. The maximum absolute atomic E-state index is 13.2. The van der Waals surface area contributed by atoms with E-state index in [2.05, 4.69) is 4.74 Å². The first-order valence-corrected chi connectivity index (χ1v) is 8.24. The van der Waals surface area contributed by atoms with Gasteiger partial charge in [-0.05, 0) is 38.0 Å². The highest BCUT2D eigenvalue weighted by molar-refractivity contribution is 5.90. The van der Waals surface area contributed by atoms with Gasteiger partial charge in [-0.2, -0.15) is 0 Å². The molecule has 0 bridgehead atoms. The molecule has 2 heterocycles. The van der Waals surface area contributed by atoms with Gasteiger partial charge in [0.25, 0.3) is 0 Å². The van der Waals surface area contributed by atoms with Crippen molar-refractivity contribution in [1.29, 1.82) is 0 Å². The van der Waals surface area contributed by atoms with E-state index in [-0.39, 0.29) is 11.2 Å². The minimum Gasteiger partial charge on any atom is -0.496 e. The Hall–Kier alpha value is -3.02. The Morgan fingerprint density at radius 2 is 1.81 bits per heavy atom. The maximum Gasteiger partial charge on any atom is 0.373 e. The number of esters is 1. The maximum atomic E-state index is 13.2. The van der Waals surface area contributed by atoms with E-state index in [1.807, 2.05) is 6.92 Å². The number of benzene rings is 1. The van der Waals surface area contributed by atoms with E-state index in [1.54, 1.807) is 33.1 Å². The molecule has 3 rings (SSSR count). The number of methoxy groups -OCH3 is 2. The smallest absolute Gasteiger partial charge is 0.373 e. The Morgan fingerprint density at radius 1 is 1.08 bits per heavy atom.